The zero-order valence-electron chi connectivity index (χ0n) is 13.8. The second kappa shape index (κ2) is 6.64. The number of aromatic nitrogens is 2. The van der Waals surface area contributed by atoms with Gasteiger partial charge in [-0.25, -0.2) is 9.97 Å². The molecule has 1 aliphatic rings. The van der Waals surface area contributed by atoms with Gasteiger partial charge in [0.2, 0.25) is 0 Å². The van der Waals surface area contributed by atoms with Gasteiger partial charge in [-0.1, -0.05) is 0 Å². The van der Waals surface area contributed by atoms with Crippen LogP contribution in [0.2, 0.25) is 0 Å². The summed E-state index contributed by atoms with van der Waals surface area (Å²) in [6.45, 7) is 3.43. The minimum atomic E-state index is -0.0462. The first kappa shape index (κ1) is 15.8. The predicted molar refractivity (Wildman–Crippen MR) is 96.8 cm³/mol. The van der Waals surface area contributed by atoms with Crippen LogP contribution in [0.4, 0.5) is 0 Å². The lowest BCUT2D eigenvalue weighted by molar-refractivity contribution is 0.0738. The summed E-state index contributed by atoms with van der Waals surface area (Å²) in [5, 5.41) is 0. The lowest BCUT2D eigenvalue weighted by Gasteiger charge is -2.18. The largest absolute Gasteiger partial charge is 0.491 e. The van der Waals surface area contributed by atoms with Gasteiger partial charge in [-0.05, 0) is 48.9 Å². The third-order valence-electron chi connectivity index (χ3n) is 4.09. The van der Waals surface area contributed by atoms with Crippen LogP contribution in [-0.4, -0.2) is 33.9 Å². The summed E-state index contributed by atoms with van der Waals surface area (Å²) in [6, 6.07) is 11.8. The Balaban J connectivity index is 1.66. The predicted octanol–water partition coefficient (Wildman–Crippen LogP) is 3.55. The van der Waals surface area contributed by atoms with Gasteiger partial charge in [-0.2, -0.15) is 0 Å². The molecule has 0 saturated heterocycles. The monoisotopic (exact) mass is 351 g/mol. The minimum absolute atomic E-state index is 0.0462. The first-order valence-corrected chi connectivity index (χ1v) is 8.91. The number of nitrogens with zero attached hydrogens (tertiary/aromatic N) is 3. The second-order valence-electron chi connectivity index (χ2n) is 5.86. The molecule has 1 amide bonds. The molecule has 2 aromatic heterocycles. The quantitative estimate of drug-likeness (QED) is 0.724. The number of carbonyl (C=O) groups is 1. The number of fused-ring (bicyclic) bond motifs is 1. The lowest BCUT2D eigenvalue weighted by Crippen LogP contribution is -2.32. The standard InChI is InChI=1S/C19H17N3O2S/c1-13-3-6-17(25-13)14-4-5-16-15(11-14)19(23)22(9-10-24-16)12-18-20-7-2-8-21-18/h2-8,11H,9-10,12H2,1H3. The van der Waals surface area contributed by atoms with E-state index in [1.807, 2.05) is 18.2 Å². The van der Waals surface area contributed by atoms with Gasteiger partial charge in [-0.15, -0.1) is 11.3 Å². The van der Waals surface area contributed by atoms with Gasteiger partial charge < -0.3 is 9.64 Å². The zero-order chi connectivity index (χ0) is 17.2. The van der Waals surface area contributed by atoms with Gasteiger partial charge in [0.1, 0.15) is 18.2 Å². The number of benzene rings is 1. The van der Waals surface area contributed by atoms with E-state index in [-0.39, 0.29) is 5.91 Å². The fourth-order valence-corrected chi connectivity index (χ4v) is 3.70. The van der Waals surface area contributed by atoms with E-state index < -0.39 is 0 Å². The average Bonchev–Trinajstić information content (AvgIpc) is 3.01. The molecule has 126 valence electrons. The van der Waals surface area contributed by atoms with E-state index in [0.717, 1.165) is 10.4 Å². The van der Waals surface area contributed by atoms with Crippen LogP contribution in [-0.2, 0) is 6.54 Å². The summed E-state index contributed by atoms with van der Waals surface area (Å²) in [5.74, 6) is 1.22. The number of hydrogen-bond acceptors (Lipinski definition) is 5. The maximum Gasteiger partial charge on any atom is 0.258 e. The Labute approximate surface area is 149 Å². The summed E-state index contributed by atoms with van der Waals surface area (Å²) < 4.78 is 5.78. The molecule has 5 nitrogen and oxygen atoms in total. The minimum Gasteiger partial charge on any atom is -0.491 e. The van der Waals surface area contributed by atoms with Gasteiger partial charge in [0.25, 0.3) is 5.91 Å². The van der Waals surface area contributed by atoms with E-state index in [4.69, 9.17) is 4.74 Å². The van der Waals surface area contributed by atoms with Crippen LogP contribution in [0.1, 0.15) is 21.1 Å². The van der Waals surface area contributed by atoms with Crippen molar-refractivity contribution in [3.63, 3.8) is 0 Å². The SMILES string of the molecule is Cc1ccc(-c2ccc3c(c2)C(=O)N(Cc2ncccn2)CCO3)s1. The molecule has 0 aliphatic carbocycles. The molecule has 0 fully saturated rings. The Morgan fingerprint density at radius 2 is 2.04 bits per heavy atom. The van der Waals surface area contributed by atoms with E-state index in [1.54, 1.807) is 34.7 Å². The molecule has 25 heavy (non-hydrogen) atoms. The van der Waals surface area contributed by atoms with Crippen molar-refractivity contribution in [3.05, 3.63) is 65.1 Å². The average molecular weight is 351 g/mol. The Morgan fingerprint density at radius 3 is 2.80 bits per heavy atom. The van der Waals surface area contributed by atoms with Crippen molar-refractivity contribution in [2.45, 2.75) is 13.5 Å². The molecule has 3 aromatic rings. The maximum absolute atomic E-state index is 13.0. The third-order valence-corrected chi connectivity index (χ3v) is 5.14. The van der Waals surface area contributed by atoms with Gasteiger partial charge >= 0.3 is 0 Å². The van der Waals surface area contributed by atoms with E-state index >= 15 is 0 Å². The first-order chi connectivity index (χ1) is 12.2. The van der Waals surface area contributed by atoms with Crippen molar-refractivity contribution in [2.75, 3.05) is 13.2 Å². The number of rotatable bonds is 3. The van der Waals surface area contributed by atoms with Crippen molar-refractivity contribution in [2.24, 2.45) is 0 Å². The van der Waals surface area contributed by atoms with Crippen LogP contribution in [0, 0.1) is 6.92 Å². The van der Waals surface area contributed by atoms with E-state index in [1.165, 1.54) is 4.88 Å². The summed E-state index contributed by atoms with van der Waals surface area (Å²) in [6.07, 6.45) is 3.37. The van der Waals surface area contributed by atoms with Crippen LogP contribution in [0.5, 0.6) is 5.75 Å². The number of thiophene rings is 1. The highest BCUT2D eigenvalue weighted by Crippen LogP contribution is 2.33. The number of aryl methyl sites for hydroxylation is 1. The number of hydrogen-bond donors (Lipinski definition) is 0. The molecule has 0 N–H and O–H groups in total. The van der Waals surface area contributed by atoms with Gasteiger partial charge in [0.05, 0.1) is 18.7 Å². The number of ether oxygens (including phenoxy) is 1. The smallest absolute Gasteiger partial charge is 0.258 e. The summed E-state index contributed by atoms with van der Waals surface area (Å²) in [7, 11) is 0. The zero-order valence-corrected chi connectivity index (χ0v) is 14.6. The molecular formula is C19H17N3O2S. The molecule has 0 radical (unpaired) electrons. The fourth-order valence-electron chi connectivity index (χ4n) is 2.84. The Bertz CT molecular complexity index is 908. The van der Waals surface area contributed by atoms with Crippen LogP contribution in [0.15, 0.2) is 48.8 Å². The van der Waals surface area contributed by atoms with Gasteiger partial charge in [-0.3, -0.25) is 4.79 Å². The highest BCUT2D eigenvalue weighted by atomic mass is 32.1. The van der Waals surface area contributed by atoms with Crippen LogP contribution in [0.3, 0.4) is 0 Å². The van der Waals surface area contributed by atoms with Crippen molar-refractivity contribution in [3.8, 4) is 16.2 Å². The highest BCUT2D eigenvalue weighted by molar-refractivity contribution is 7.15. The summed E-state index contributed by atoms with van der Waals surface area (Å²) in [4.78, 5) is 25.6. The van der Waals surface area contributed by atoms with Crippen molar-refractivity contribution < 1.29 is 9.53 Å². The molecule has 4 rings (SSSR count). The summed E-state index contributed by atoms with van der Waals surface area (Å²) in [5.41, 5.74) is 1.63. The van der Waals surface area contributed by atoms with Crippen molar-refractivity contribution >= 4 is 17.2 Å². The second-order valence-corrected chi connectivity index (χ2v) is 7.15. The van der Waals surface area contributed by atoms with Crippen LogP contribution < -0.4 is 4.74 Å². The fraction of sp³-hybridized carbons (Fsp3) is 0.211. The Kier molecular flexibility index (Phi) is 4.19. The summed E-state index contributed by atoms with van der Waals surface area (Å²) >= 11 is 1.72. The molecule has 0 saturated carbocycles. The molecular weight excluding hydrogens is 334 g/mol. The Hall–Kier alpha value is -2.73. The molecule has 0 spiro atoms. The van der Waals surface area contributed by atoms with Crippen molar-refractivity contribution in [1.82, 2.24) is 14.9 Å². The first-order valence-electron chi connectivity index (χ1n) is 8.09. The van der Waals surface area contributed by atoms with E-state index in [0.29, 0.717) is 36.8 Å². The normalized spacial score (nSPS) is 14.0. The van der Waals surface area contributed by atoms with Gasteiger partial charge in [0, 0.05) is 22.1 Å². The molecule has 3 heterocycles. The molecule has 1 aromatic carbocycles. The van der Waals surface area contributed by atoms with Crippen LogP contribution >= 0.6 is 11.3 Å². The molecule has 0 atom stereocenters. The highest BCUT2D eigenvalue weighted by Gasteiger charge is 2.25. The van der Waals surface area contributed by atoms with Crippen molar-refractivity contribution in [1.29, 1.82) is 0 Å². The number of amides is 1. The molecule has 0 bridgehead atoms. The van der Waals surface area contributed by atoms with E-state index in [9.17, 15) is 4.79 Å². The van der Waals surface area contributed by atoms with E-state index in [2.05, 4.69) is 29.0 Å². The molecule has 6 heteroatoms. The third kappa shape index (κ3) is 3.25. The topological polar surface area (TPSA) is 55.3 Å². The molecule has 1 aliphatic heterocycles. The van der Waals surface area contributed by atoms with Crippen LogP contribution in [0.25, 0.3) is 10.4 Å². The van der Waals surface area contributed by atoms with Gasteiger partial charge in [0.15, 0.2) is 0 Å². The number of carbonyl (C=O) groups excluding carboxylic acids is 1. The molecule has 0 unspecified atom stereocenters. The maximum atomic E-state index is 13.0. The Morgan fingerprint density at radius 1 is 1.20 bits per heavy atom. The lowest BCUT2D eigenvalue weighted by atomic mass is 10.1.